The van der Waals surface area contributed by atoms with Crippen LogP contribution in [-0.4, -0.2) is 25.8 Å². The van der Waals surface area contributed by atoms with Crippen molar-refractivity contribution in [2.24, 2.45) is 0 Å². The fraction of sp³-hybridized carbons (Fsp3) is 0.200. The average molecular weight is 297 g/mol. The van der Waals surface area contributed by atoms with Gasteiger partial charge in [0, 0.05) is 11.3 Å². The predicted molar refractivity (Wildman–Crippen MR) is 82.8 cm³/mol. The number of hydrogen-bond acceptors (Lipinski definition) is 4. The molecule has 22 heavy (non-hydrogen) atoms. The fourth-order valence-corrected chi connectivity index (χ4v) is 2.31. The van der Waals surface area contributed by atoms with Crippen molar-refractivity contribution in [2.75, 3.05) is 5.32 Å². The number of H-pyrrole nitrogens is 2. The van der Waals surface area contributed by atoms with Crippen molar-refractivity contribution in [1.82, 2.24) is 19.9 Å². The molecule has 0 saturated heterocycles. The molecule has 7 nitrogen and oxygen atoms in total. The number of nitrogens with zero attached hydrogens (tertiary/aromatic N) is 2. The maximum absolute atomic E-state index is 12.1. The Kier molecular flexibility index (Phi) is 3.46. The molecular formula is C15H15N5O2. The Bertz CT molecular complexity index is 877. The summed E-state index contributed by atoms with van der Waals surface area (Å²) in [6, 6.07) is 7.47. The Morgan fingerprint density at radius 2 is 1.95 bits per heavy atom. The lowest BCUT2D eigenvalue weighted by Gasteiger charge is -2.05. The summed E-state index contributed by atoms with van der Waals surface area (Å²) < 4.78 is 0. The molecule has 0 fully saturated rings. The zero-order valence-electron chi connectivity index (χ0n) is 12.2. The molecule has 0 radical (unpaired) electrons. The molecule has 0 saturated carbocycles. The number of nitrogens with one attached hydrogen (secondary N) is 3. The SMILES string of the molecule is Cc1nc(C)c(CC(=O)Nc2nc3ccccc3[nH]2)c(=O)[nH]1. The number of imidazole rings is 1. The Labute approximate surface area is 125 Å². The zero-order valence-corrected chi connectivity index (χ0v) is 12.2. The molecule has 0 unspecified atom stereocenters. The van der Waals surface area contributed by atoms with Gasteiger partial charge in [0.25, 0.3) is 5.56 Å². The largest absolute Gasteiger partial charge is 0.324 e. The van der Waals surface area contributed by atoms with Crippen LogP contribution in [0.5, 0.6) is 0 Å². The second kappa shape index (κ2) is 5.44. The standard InChI is InChI=1S/C15H15N5O2/c1-8-10(14(22)17-9(2)16-8)7-13(21)20-15-18-11-5-3-4-6-12(11)19-15/h3-6H,7H2,1-2H3,(H,16,17,22)(H2,18,19,20,21). The Morgan fingerprint density at radius 1 is 1.18 bits per heavy atom. The second-order valence-electron chi connectivity index (χ2n) is 5.04. The van der Waals surface area contributed by atoms with E-state index in [4.69, 9.17) is 0 Å². The van der Waals surface area contributed by atoms with Crippen molar-refractivity contribution in [2.45, 2.75) is 20.3 Å². The summed E-state index contributed by atoms with van der Waals surface area (Å²) in [6.07, 6.45) is -0.0501. The lowest BCUT2D eigenvalue weighted by molar-refractivity contribution is -0.115. The molecule has 7 heteroatoms. The Hall–Kier alpha value is -2.96. The maximum Gasteiger partial charge on any atom is 0.254 e. The second-order valence-corrected chi connectivity index (χ2v) is 5.04. The highest BCUT2D eigenvalue weighted by molar-refractivity contribution is 5.92. The van der Waals surface area contributed by atoms with Crippen molar-refractivity contribution in [3.05, 3.63) is 51.7 Å². The van der Waals surface area contributed by atoms with E-state index in [2.05, 4.69) is 25.3 Å². The smallest absolute Gasteiger partial charge is 0.254 e. The van der Waals surface area contributed by atoms with Gasteiger partial charge in [-0.05, 0) is 26.0 Å². The molecule has 3 rings (SSSR count). The molecule has 1 amide bonds. The predicted octanol–water partition coefficient (Wildman–Crippen LogP) is 1.44. The van der Waals surface area contributed by atoms with E-state index in [9.17, 15) is 9.59 Å². The van der Waals surface area contributed by atoms with Gasteiger partial charge >= 0.3 is 0 Å². The van der Waals surface area contributed by atoms with Gasteiger partial charge in [0.1, 0.15) is 5.82 Å². The number of fused-ring (bicyclic) bond motifs is 1. The van der Waals surface area contributed by atoms with Gasteiger partial charge < -0.3 is 9.97 Å². The van der Waals surface area contributed by atoms with E-state index in [0.717, 1.165) is 11.0 Å². The van der Waals surface area contributed by atoms with Crippen LogP contribution in [0, 0.1) is 13.8 Å². The molecule has 2 heterocycles. The summed E-state index contributed by atoms with van der Waals surface area (Å²) in [5.74, 6) is 0.572. The van der Waals surface area contributed by atoms with E-state index in [0.29, 0.717) is 23.0 Å². The summed E-state index contributed by atoms with van der Waals surface area (Å²) in [5.41, 5.74) is 2.23. The third-order valence-electron chi connectivity index (χ3n) is 3.33. The molecule has 2 aromatic heterocycles. The van der Waals surface area contributed by atoms with Crippen LogP contribution in [0.4, 0.5) is 5.95 Å². The van der Waals surface area contributed by atoms with Gasteiger partial charge in [-0.3, -0.25) is 14.9 Å². The number of carbonyl (C=O) groups is 1. The van der Waals surface area contributed by atoms with E-state index >= 15 is 0 Å². The van der Waals surface area contributed by atoms with Crippen LogP contribution in [0.15, 0.2) is 29.1 Å². The minimum Gasteiger partial charge on any atom is -0.324 e. The number of aryl methyl sites for hydroxylation is 2. The van der Waals surface area contributed by atoms with Crippen LogP contribution in [0.1, 0.15) is 17.1 Å². The molecule has 3 aromatic rings. The molecule has 0 spiro atoms. The monoisotopic (exact) mass is 297 g/mol. The molecule has 0 aliphatic heterocycles. The first kappa shape index (κ1) is 14.0. The highest BCUT2D eigenvalue weighted by Crippen LogP contribution is 2.13. The van der Waals surface area contributed by atoms with E-state index in [1.165, 1.54) is 0 Å². The zero-order chi connectivity index (χ0) is 15.7. The molecule has 0 aliphatic rings. The van der Waals surface area contributed by atoms with Crippen molar-refractivity contribution in [3.8, 4) is 0 Å². The fourth-order valence-electron chi connectivity index (χ4n) is 2.31. The van der Waals surface area contributed by atoms with E-state index in [1.807, 2.05) is 24.3 Å². The van der Waals surface area contributed by atoms with Gasteiger partial charge in [0.2, 0.25) is 11.9 Å². The van der Waals surface area contributed by atoms with Crippen molar-refractivity contribution >= 4 is 22.9 Å². The first-order chi connectivity index (χ1) is 10.5. The molecule has 0 aliphatic carbocycles. The highest BCUT2D eigenvalue weighted by Gasteiger charge is 2.13. The number of anilines is 1. The van der Waals surface area contributed by atoms with Crippen LogP contribution < -0.4 is 10.9 Å². The van der Waals surface area contributed by atoms with Gasteiger partial charge in [0.15, 0.2) is 0 Å². The third-order valence-corrected chi connectivity index (χ3v) is 3.33. The summed E-state index contributed by atoms with van der Waals surface area (Å²) in [5, 5.41) is 2.66. The quantitative estimate of drug-likeness (QED) is 0.680. The van der Waals surface area contributed by atoms with Gasteiger partial charge in [-0.2, -0.15) is 0 Å². The molecule has 3 N–H and O–H groups in total. The molecule has 1 aromatic carbocycles. The van der Waals surface area contributed by atoms with Crippen LogP contribution in [0.25, 0.3) is 11.0 Å². The summed E-state index contributed by atoms with van der Waals surface area (Å²) >= 11 is 0. The van der Waals surface area contributed by atoms with Crippen LogP contribution >= 0.6 is 0 Å². The van der Waals surface area contributed by atoms with Crippen molar-refractivity contribution < 1.29 is 4.79 Å². The summed E-state index contributed by atoms with van der Waals surface area (Å²) in [6.45, 7) is 3.42. The minimum atomic E-state index is -0.321. The number of carbonyl (C=O) groups excluding carboxylic acids is 1. The summed E-state index contributed by atoms with van der Waals surface area (Å²) in [4.78, 5) is 38.0. The van der Waals surface area contributed by atoms with E-state index < -0.39 is 0 Å². The number of para-hydroxylation sites is 2. The number of benzene rings is 1. The minimum absolute atomic E-state index is 0.0501. The number of aromatic nitrogens is 4. The first-order valence-electron chi connectivity index (χ1n) is 6.84. The molecule has 112 valence electrons. The maximum atomic E-state index is 12.1. The van der Waals surface area contributed by atoms with Crippen molar-refractivity contribution in [1.29, 1.82) is 0 Å². The number of rotatable bonds is 3. The number of aromatic amines is 2. The number of hydrogen-bond donors (Lipinski definition) is 3. The van der Waals surface area contributed by atoms with Gasteiger partial charge in [0.05, 0.1) is 17.5 Å². The molecular weight excluding hydrogens is 282 g/mol. The van der Waals surface area contributed by atoms with Gasteiger partial charge in [-0.15, -0.1) is 0 Å². The topological polar surface area (TPSA) is 104 Å². The van der Waals surface area contributed by atoms with Crippen LogP contribution in [0.2, 0.25) is 0 Å². The Balaban J connectivity index is 1.79. The highest BCUT2D eigenvalue weighted by atomic mass is 16.2. The van der Waals surface area contributed by atoms with Gasteiger partial charge in [-0.25, -0.2) is 9.97 Å². The number of amides is 1. The summed E-state index contributed by atoms with van der Waals surface area (Å²) in [7, 11) is 0. The lowest BCUT2D eigenvalue weighted by atomic mass is 10.1. The average Bonchev–Trinajstić information content (AvgIpc) is 2.84. The van der Waals surface area contributed by atoms with E-state index in [-0.39, 0.29) is 17.9 Å². The van der Waals surface area contributed by atoms with Gasteiger partial charge in [-0.1, -0.05) is 12.1 Å². The molecule has 0 bridgehead atoms. The molecule has 0 atom stereocenters. The first-order valence-corrected chi connectivity index (χ1v) is 6.84. The van der Waals surface area contributed by atoms with Crippen LogP contribution in [0.3, 0.4) is 0 Å². The lowest BCUT2D eigenvalue weighted by Crippen LogP contribution is -2.24. The normalized spacial score (nSPS) is 10.8. The van der Waals surface area contributed by atoms with Crippen molar-refractivity contribution in [3.63, 3.8) is 0 Å². The Morgan fingerprint density at radius 3 is 2.68 bits per heavy atom. The van der Waals surface area contributed by atoms with E-state index in [1.54, 1.807) is 13.8 Å². The van der Waals surface area contributed by atoms with Crippen LogP contribution in [-0.2, 0) is 11.2 Å². The third kappa shape index (κ3) is 2.73.